The lowest BCUT2D eigenvalue weighted by molar-refractivity contribution is -0.138. The SMILES string of the molecule is C[C@]1(c2ccc(Cl)cc2)NC(=O)N(CC(=O)N2CCCC2)C1=O. The first-order chi connectivity index (χ1) is 10.9. The number of carbonyl (C=O) groups is 3. The summed E-state index contributed by atoms with van der Waals surface area (Å²) in [5.41, 5.74) is -0.538. The standard InChI is InChI=1S/C16H18ClN3O3/c1-16(11-4-6-12(17)7-5-11)14(22)20(15(23)18-16)10-13(21)19-8-2-3-9-19/h4-7H,2-3,8-10H2,1H3,(H,18,23)/t16-/m1/s1. The van der Waals surface area contributed by atoms with Crippen LogP contribution in [0.25, 0.3) is 0 Å². The number of likely N-dealkylation sites (tertiary alicyclic amines) is 1. The van der Waals surface area contributed by atoms with Gasteiger partial charge in [-0.05, 0) is 37.5 Å². The molecule has 2 aliphatic rings. The molecule has 2 saturated heterocycles. The minimum atomic E-state index is -1.17. The normalized spacial score (nSPS) is 24.3. The fourth-order valence-electron chi connectivity index (χ4n) is 3.02. The maximum Gasteiger partial charge on any atom is 0.325 e. The quantitative estimate of drug-likeness (QED) is 0.855. The average Bonchev–Trinajstić information content (AvgIpc) is 3.12. The van der Waals surface area contributed by atoms with E-state index in [1.807, 2.05) is 0 Å². The van der Waals surface area contributed by atoms with Crippen molar-refractivity contribution in [2.24, 2.45) is 0 Å². The van der Waals surface area contributed by atoms with Crippen molar-refractivity contribution < 1.29 is 14.4 Å². The van der Waals surface area contributed by atoms with E-state index in [-0.39, 0.29) is 12.5 Å². The molecule has 0 unspecified atom stereocenters. The highest BCUT2D eigenvalue weighted by atomic mass is 35.5. The summed E-state index contributed by atoms with van der Waals surface area (Å²) < 4.78 is 0. The lowest BCUT2D eigenvalue weighted by Gasteiger charge is -2.23. The molecule has 0 aromatic heterocycles. The van der Waals surface area contributed by atoms with E-state index in [9.17, 15) is 14.4 Å². The minimum absolute atomic E-state index is 0.189. The molecule has 7 heteroatoms. The van der Waals surface area contributed by atoms with E-state index < -0.39 is 17.5 Å². The lowest BCUT2D eigenvalue weighted by atomic mass is 9.92. The third-order valence-electron chi connectivity index (χ3n) is 4.45. The molecule has 0 radical (unpaired) electrons. The van der Waals surface area contributed by atoms with Gasteiger partial charge in [0.25, 0.3) is 5.91 Å². The Morgan fingerprint density at radius 2 is 1.83 bits per heavy atom. The fraction of sp³-hybridized carbons (Fsp3) is 0.438. The summed E-state index contributed by atoms with van der Waals surface area (Å²) in [6.07, 6.45) is 1.93. The Hall–Kier alpha value is -2.08. The number of benzene rings is 1. The van der Waals surface area contributed by atoms with Crippen LogP contribution in [0.15, 0.2) is 24.3 Å². The number of hydrogen-bond acceptors (Lipinski definition) is 3. The van der Waals surface area contributed by atoms with Crippen molar-refractivity contribution in [2.75, 3.05) is 19.6 Å². The Morgan fingerprint density at radius 3 is 2.43 bits per heavy atom. The molecule has 2 aliphatic heterocycles. The fourth-order valence-corrected chi connectivity index (χ4v) is 3.15. The summed E-state index contributed by atoms with van der Waals surface area (Å²) in [6, 6.07) is 6.19. The van der Waals surface area contributed by atoms with E-state index in [2.05, 4.69) is 5.32 Å². The van der Waals surface area contributed by atoms with Crippen LogP contribution >= 0.6 is 11.6 Å². The molecule has 1 aromatic carbocycles. The second-order valence-corrected chi connectivity index (χ2v) is 6.48. The van der Waals surface area contributed by atoms with Gasteiger partial charge in [0.05, 0.1) is 0 Å². The molecule has 0 aliphatic carbocycles. The topological polar surface area (TPSA) is 69.7 Å². The summed E-state index contributed by atoms with van der Waals surface area (Å²) in [5, 5.41) is 3.24. The average molecular weight is 336 g/mol. The lowest BCUT2D eigenvalue weighted by Crippen LogP contribution is -2.43. The van der Waals surface area contributed by atoms with E-state index in [4.69, 9.17) is 11.6 Å². The molecule has 0 bridgehead atoms. The molecule has 23 heavy (non-hydrogen) atoms. The van der Waals surface area contributed by atoms with Gasteiger partial charge in [0.15, 0.2) is 0 Å². The summed E-state index contributed by atoms with van der Waals surface area (Å²) in [4.78, 5) is 39.8. The molecule has 6 nitrogen and oxygen atoms in total. The summed E-state index contributed by atoms with van der Waals surface area (Å²) in [5.74, 6) is -0.608. The number of nitrogens with zero attached hydrogens (tertiary/aromatic N) is 2. The Kier molecular flexibility index (Phi) is 4.02. The zero-order chi connectivity index (χ0) is 16.6. The van der Waals surface area contributed by atoms with Gasteiger partial charge in [-0.25, -0.2) is 4.79 Å². The predicted molar refractivity (Wildman–Crippen MR) is 84.9 cm³/mol. The second-order valence-electron chi connectivity index (χ2n) is 6.04. The zero-order valence-electron chi connectivity index (χ0n) is 12.8. The van der Waals surface area contributed by atoms with Crippen molar-refractivity contribution in [3.63, 3.8) is 0 Å². The molecule has 2 heterocycles. The molecule has 4 amide bonds. The van der Waals surface area contributed by atoms with Crippen LogP contribution in [0.5, 0.6) is 0 Å². The van der Waals surface area contributed by atoms with Crippen LogP contribution in [-0.4, -0.2) is 47.3 Å². The number of hydrogen-bond donors (Lipinski definition) is 1. The first kappa shape index (κ1) is 15.8. The number of rotatable bonds is 3. The first-order valence-electron chi connectivity index (χ1n) is 7.60. The molecule has 2 fully saturated rings. The third kappa shape index (κ3) is 2.79. The summed E-state index contributed by atoms with van der Waals surface area (Å²) >= 11 is 5.87. The molecule has 1 aromatic rings. The highest BCUT2D eigenvalue weighted by molar-refractivity contribution is 6.30. The monoisotopic (exact) mass is 335 g/mol. The predicted octanol–water partition coefficient (Wildman–Crippen LogP) is 1.73. The maximum absolute atomic E-state index is 12.7. The number of carbonyl (C=O) groups excluding carboxylic acids is 3. The van der Waals surface area contributed by atoms with Crippen LogP contribution in [0, 0.1) is 0 Å². The molecule has 3 rings (SSSR count). The van der Waals surface area contributed by atoms with Gasteiger partial charge in [0.2, 0.25) is 5.91 Å². The van der Waals surface area contributed by atoms with Crippen LogP contribution in [-0.2, 0) is 15.1 Å². The van der Waals surface area contributed by atoms with Gasteiger partial charge in [-0.2, -0.15) is 0 Å². The van der Waals surface area contributed by atoms with Gasteiger partial charge < -0.3 is 10.2 Å². The molecule has 0 spiro atoms. The van der Waals surface area contributed by atoms with Crippen molar-refractivity contribution in [3.05, 3.63) is 34.9 Å². The Labute approximate surface area is 139 Å². The number of imide groups is 1. The van der Waals surface area contributed by atoms with Crippen molar-refractivity contribution in [3.8, 4) is 0 Å². The van der Waals surface area contributed by atoms with Gasteiger partial charge in [-0.15, -0.1) is 0 Å². The van der Waals surface area contributed by atoms with Gasteiger partial charge in [0, 0.05) is 18.1 Å². The Morgan fingerprint density at radius 1 is 1.22 bits per heavy atom. The van der Waals surface area contributed by atoms with Crippen LogP contribution < -0.4 is 5.32 Å². The van der Waals surface area contributed by atoms with Crippen molar-refractivity contribution in [1.82, 2.24) is 15.1 Å². The Bertz CT molecular complexity index is 655. The van der Waals surface area contributed by atoms with E-state index in [0.717, 1.165) is 17.7 Å². The largest absolute Gasteiger partial charge is 0.341 e. The van der Waals surface area contributed by atoms with E-state index in [1.165, 1.54) is 0 Å². The molecule has 0 saturated carbocycles. The van der Waals surface area contributed by atoms with E-state index in [0.29, 0.717) is 23.7 Å². The van der Waals surface area contributed by atoms with Crippen LogP contribution in [0.1, 0.15) is 25.3 Å². The summed E-state index contributed by atoms with van der Waals surface area (Å²) in [7, 11) is 0. The van der Waals surface area contributed by atoms with Crippen molar-refractivity contribution in [2.45, 2.75) is 25.3 Å². The smallest absolute Gasteiger partial charge is 0.325 e. The molecular weight excluding hydrogens is 318 g/mol. The minimum Gasteiger partial charge on any atom is -0.341 e. The van der Waals surface area contributed by atoms with Gasteiger partial charge >= 0.3 is 6.03 Å². The van der Waals surface area contributed by atoms with Gasteiger partial charge in [-0.3, -0.25) is 14.5 Å². The van der Waals surface area contributed by atoms with Crippen LogP contribution in [0.4, 0.5) is 4.79 Å². The third-order valence-corrected chi connectivity index (χ3v) is 4.70. The highest BCUT2D eigenvalue weighted by Crippen LogP contribution is 2.29. The van der Waals surface area contributed by atoms with Crippen LogP contribution in [0.3, 0.4) is 0 Å². The van der Waals surface area contributed by atoms with Gasteiger partial charge in [0.1, 0.15) is 12.1 Å². The highest BCUT2D eigenvalue weighted by Gasteiger charge is 2.49. The van der Waals surface area contributed by atoms with Crippen molar-refractivity contribution >= 4 is 29.4 Å². The van der Waals surface area contributed by atoms with Crippen LogP contribution in [0.2, 0.25) is 5.02 Å². The molecular formula is C16H18ClN3O3. The maximum atomic E-state index is 12.7. The number of urea groups is 1. The Balaban J connectivity index is 1.79. The zero-order valence-corrected chi connectivity index (χ0v) is 13.6. The number of amides is 4. The molecule has 1 N–H and O–H groups in total. The van der Waals surface area contributed by atoms with E-state index in [1.54, 1.807) is 36.1 Å². The number of halogens is 1. The summed E-state index contributed by atoms with van der Waals surface area (Å²) in [6.45, 7) is 2.80. The molecule has 1 atom stereocenters. The van der Waals surface area contributed by atoms with E-state index >= 15 is 0 Å². The van der Waals surface area contributed by atoms with Crippen molar-refractivity contribution in [1.29, 1.82) is 0 Å². The second kappa shape index (κ2) is 5.85. The number of nitrogens with one attached hydrogen (secondary N) is 1. The molecule has 122 valence electrons. The van der Waals surface area contributed by atoms with Gasteiger partial charge in [-0.1, -0.05) is 23.7 Å². The first-order valence-corrected chi connectivity index (χ1v) is 7.97.